The highest BCUT2D eigenvalue weighted by Gasteiger charge is 2.67. The predicted molar refractivity (Wildman–Crippen MR) is 79.0 cm³/mol. The topological polar surface area (TPSA) is 29.1 Å². The molecule has 3 aliphatic carbocycles. The molecule has 0 saturated heterocycles. The minimum absolute atomic E-state index is 0.262. The minimum Gasteiger partial charge on any atom is -0.326 e. The lowest BCUT2D eigenvalue weighted by Crippen LogP contribution is -2.18. The summed E-state index contributed by atoms with van der Waals surface area (Å²) in [5.74, 6) is 3.74. The Hall–Kier alpha value is -0.830. The van der Waals surface area contributed by atoms with Crippen LogP contribution in [0.15, 0.2) is 24.3 Å². The zero-order valence-corrected chi connectivity index (χ0v) is 12.4. The third kappa shape index (κ3) is 1.85. The molecule has 100 valence electrons. The molecule has 0 aliphatic heterocycles. The number of amides is 1. The van der Waals surface area contributed by atoms with Gasteiger partial charge in [0.15, 0.2) is 0 Å². The Balaban J connectivity index is 1.45. The van der Waals surface area contributed by atoms with Crippen molar-refractivity contribution in [1.29, 1.82) is 0 Å². The first kappa shape index (κ1) is 12.0. The van der Waals surface area contributed by atoms with Crippen LogP contribution in [-0.4, -0.2) is 5.91 Å². The van der Waals surface area contributed by atoms with Crippen molar-refractivity contribution in [2.45, 2.75) is 24.6 Å². The van der Waals surface area contributed by atoms with Gasteiger partial charge in [-0.2, -0.15) is 0 Å². The highest BCUT2D eigenvalue weighted by atomic mass is 79.9. The molecule has 2 nitrogen and oxygen atoms in total. The van der Waals surface area contributed by atoms with E-state index in [9.17, 15) is 4.79 Å². The van der Waals surface area contributed by atoms with Gasteiger partial charge in [-0.15, -0.1) is 0 Å². The van der Waals surface area contributed by atoms with Crippen LogP contribution in [0.3, 0.4) is 0 Å². The second kappa shape index (κ2) is 4.34. The van der Waals surface area contributed by atoms with Crippen molar-refractivity contribution in [2.75, 3.05) is 5.32 Å². The van der Waals surface area contributed by atoms with Gasteiger partial charge >= 0.3 is 0 Å². The Morgan fingerprint density at radius 2 is 2.00 bits per heavy atom. The van der Waals surface area contributed by atoms with E-state index in [1.165, 1.54) is 24.8 Å². The lowest BCUT2D eigenvalue weighted by molar-refractivity contribution is -0.118. The number of benzene rings is 1. The van der Waals surface area contributed by atoms with Gasteiger partial charge in [-0.05, 0) is 60.6 Å². The van der Waals surface area contributed by atoms with E-state index in [-0.39, 0.29) is 5.91 Å². The summed E-state index contributed by atoms with van der Waals surface area (Å²) < 4.78 is 0. The molecule has 0 heterocycles. The lowest BCUT2D eigenvalue weighted by atomic mass is 10.0. The fraction of sp³-hybridized carbons (Fsp3) is 0.562. The molecule has 19 heavy (non-hydrogen) atoms. The van der Waals surface area contributed by atoms with Crippen LogP contribution in [-0.2, 0) is 10.1 Å². The van der Waals surface area contributed by atoms with Gasteiger partial charge < -0.3 is 5.32 Å². The number of hydrogen-bond acceptors (Lipinski definition) is 1. The van der Waals surface area contributed by atoms with Crippen LogP contribution in [0.5, 0.6) is 0 Å². The molecule has 4 rings (SSSR count). The first-order chi connectivity index (χ1) is 9.28. The molecule has 3 fully saturated rings. The molecule has 3 heteroatoms. The van der Waals surface area contributed by atoms with Gasteiger partial charge in [-0.25, -0.2) is 0 Å². The van der Waals surface area contributed by atoms with Crippen LogP contribution < -0.4 is 5.32 Å². The number of rotatable bonds is 3. The minimum atomic E-state index is 0.262. The molecular formula is C16H18BrNO. The fourth-order valence-electron chi connectivity index (χ4n) is 4.63. The summed E-state index contributed by atoms with van der Waals surface area (Å²) in [6, 6.07) is 8.11. The smallest absolute Gasteiger partial charge is 0.228 e. The molecule has 1 N–H and O–H groups in total. The second-order valence-electron chi connectivity index (χ2n) is 6.34. The van der Waals surface area contributed by atoms with Crippen molar-refractivity contribution in [2.24, 2.45) is 29.6 Å². The number of hydrogen-bond donors (Lipinski definition) is 1. The maximum Gasteiger partial charge on any atom is 0.228 e. The number of alkyl halides is 1. The molecule has 3 aliphatic rings. The summed E-state index contributed by atoms with van der Waals surface area (Å²) in [5, 5.41) is 3.95. The second-order valence-corrected chi connectivity index (χ2v) is 6.90. The van der Waals surface area contributed by atoms with Gasteiger partial charge in [0, 0.05) is 16.9 Å². The SMILES string of the molecule is O=C(Nc1cccc(CBr)c1)C1C2C3CCC(C3)C12. The molecule has 2 bridgehead atoms. The van der Waals surface area contributed by atoms with Crippen molar-refractivity contribution >= 4 is 27.5 Å². The average molecular weight is 320 g/mol. The average Bonchev–Trinajstić information content (AvgIpc) is 2.88. The zero-order chi connectivity index (χ0) is 13.0. The third-order valence-electron chi connectivity index (χ3n) is 5.39. The highest BCUT2D eigenvalue weighted by molar-refractivity contribution is 9.08. The maximum atomic E-state index is 12.4. The monoisotopic (exact) mass is 319 g/mol. The van der Waals surface area contributed by atoms with Gasteiger partial charge in [0.2, 0.25) is 5.91 Å². The molecule has 4 atom stereocenters. The first-order valence-corrected chi connectivity index (χ1v) is 8.36. The Bertz CT molecular complexity index is 513. The van der Waals surface area contributed by atoms with E-state index in [1.807, 2.05) is 12.1 Å². The first-order valence-electron chi connectivity index (χ1n) is 7.23. The maximum absolute atomic E-state index is 12.4. The summed E-state index contributed by atoms with van der Waals surface area (Å²) in [5.41, 5.74) is 2.15. The van der Waals surface area contributed by atoms with Gasteiger partial charge in [-0.1, -0.05) is 28.1 Å². The normalized spacial score (nSPS) is 38.1. The van der Waals surface area contributed by atoms with Gasteiger partial charge in [0.1, 0.15) is 0 Å². The fourth-order valence-corrected chi connectivity index (χ4v) is 4.98. The number of halogens is 1. The van der Waals surface area contributed by atoms with Crippen LogP contribution in [0, 0.1) is 29.6 Å². The van der Waals surface area contributed by atoms with E-state index >= 15 is 0 Å². The molecule has 1 amide bonds. The number of carbonyl (C=O) groups is 1. The predicted octanol–water partition coefficient (Wildman–Crippen LogP) is 3.81. The Kier molecular flexibility index (Phi) is 2.73. The number of anilines is 1. The quantitative estimate of drug-likeness (QED) is 0.843. The number of carbonyl (C=O) groups excluding carboxylic acids is 1. The molecule has 1 aromatic rings. The molecule has 0 aromatic heterocycles. The summed E-state index contributed by atoms with van der Waals surface area (Å²) in [7, 11) is 0. The van der Waals surface area contributed by atoms with E-state index in [2.05, 4.69) is 33.4 Å². The standard InChI is InChI=1S/C16H18BrNO/c17-8-9-2-1-3-12(6-9)18-16(19)15-13-10-4-5-11(7-10)14(13)15/h1-3,6,10-11,13-15H,4-5,7-8H2,(H,18,19). The molecule has 0 spiro atoms. The van der Waals surface area contributed by atoms with Gasteiger partial charge in [0.05, 0.1) is 0 Å². The van der Waals surface area contributed by atoms with Crippen LogP contribution in [0.25, 0.3) is 0 Å². The van der Waals surface area contributed by atoms with Crippen LogP contribution >= 0.6 is 15.9 Å². The van der Waals surface area contributed by atoms with Crippen LogP contribution in [0.1, 0.15) is 24.8 Å². The number of fused-ring (bicyclic) bond motifs is 5. The molecule has 3 saturated carbocycles. The summed E-state index contributed by atoms with van der Waals surface area (Å²) >= 11 is 3.45. The third-order valence-corrected chi connectivity index (χ3v) is 6.03. The van der Waals surface area contributed by atoms with E-state index in [1.54, 1.807) is 0 Å². The Morgan fingerprint density at radius 3 is 2.68 bits per heavy atom. The van der Waals surface area contributed by atoms with Gasteiger partial charge in [-0.3, -0.25) is 4.79 Å². The van der Waals surface area contributed by atoms with E-state index in [0.29, 0.717) is 5.92 Å². The molecule has 1 aromatic carbocycles. The van der Waals surface area contributed by atoms with E-state index in [4.69, 9.17) is 0 Å². The van der Waals surface area contributed by atoms with Crippen molar-refractivity contribution < 1.29 is 4.79 Å². The molecular weight excluding hydrogens is 302 g/mol. The van der Waals surface area contributed by atoms with Crippen LogP contribution in [0.2, 0.25) is 0 Å². The summed E-state index contributed by atoms with van der Waals surface area (Å²) in [6.07, 6.45) is 4.14. The van der Waals surface area contributed by atoms with E-state index < -0.39 is 0 Å². The summed E-state index contributed by atoms with van der Waals surface area (Å²) in [4.78, 5) is 12.4. The zero-order valence-electron chi connectivity index (χ0n) is 10.8. The number of nitrogens with one attached hydrogen (secondary N) is 1. The van der Waals surface area contributed by atoms with Crippen molar-refractivity contribution in [3.63, 3.8) is 0 Å². The molecule has 0 radical (unpaired) electrons. The van der Waals surface area contributed by atoms with E-state index in [0.717, 1.165) is 34.7 Å². The van der Waals surface area contributed by atoms with Crippen molar-refractivity contribution in [3.05, 3.63) is 29.8 Å². The lowest BCUT2D eigenvalue weighted by Gasteiger charge is -2.10. The Morgan fingerprint density at radius 1 is 1.26 bits per heavy atom. The van der Waals surface area contributed by atoms with Crippen molar-refractivity contribution in [1.82, 2.24) is 0 Å². The largest absolute Gasteiger partial charge is 0.326 e. The van der Waals surface area contributed by atoms with Gasteiger partial charge in [0.25, 0.3) is 0 Å². The highest BCUT2D eigenvalue weighted by Crippen LogP contribution is 2.69. The van der Waals surface area contributed by atoms with Crippen molar-refractivity contribution in [3.8, 4) is 0 Å². The molecule has 4 unspecified atom stereocenters. The Labute approximate surface area is 122 Å². The van der Waals surface area contributed by atoms with Crippen LogP contribution in [0.4, 0.5) is 5.69 Å². The summed E-state index contributed by atoms with van der Waals surface area (Å²) in [6.45, 7) is 0.